The highest BCUT2D eigenvalue weighted by Crippen LogP contribution is 2.35. The van der Waals surface area contributed by atoms with Gasteiger partial charge in [0.15, 0.2) is 5.65 Å². The van der Waals surface area contributed by atoms with E-state index in [1.54, 1.807) is 42.8 Å². The van der Waals surface area contributed by atoms with Crippen molar-refractivity contribution in [2.75, 3.05) is 5.32 Å². The third-order valence-corrected chi connectivity index (χ3v) is 4.98. The van der Waals surface area contributed by atoms with Gasteiger partial charge >= 0.3 is 0 Å². The number of fused-ring (bicyclic) bond motifs is 1. The molecule has 4 aromatic rings. The fourth-order valence-corrected chi connectivity index (χ4v) is 3.76. The van der Waals surface area contributed by atoms with Gasteiger partial charge in [-0.3, -0.25) is 9.78 Å². The van der Waals surface area contributed by atoms with Gasteiger partial charge in [-0.05, 0) is 63.6 Å². The molecule has 1 amide bonds. The number of nitriles is 1. The van der Waals surface area contributed by atoms with Gasteiger partial charge < -0.3 is 10.4 Å². The molecule has 0 radical (unpaired) electrons. The smallest absolute Gasteiger partial charge is 0.228 e. The lowest BCUT2D eigenvalue weighted by Gasteiger charge is -2.16. The van der Waals surface area contributed by atoms with Gasteiger partial charge in [-0.15, -0.1) is 0 Å². The topological polar surface area (TPSA) is 116 Å². The highest BCUT2D eigenvalue weighted by atomic mass is 16.3. The van der Waals surface area contributed by atoms with E-state index in [0.29, 0.717) is 22.7 Å². The lowest BCUT2D eigenvalue weighted by molar-refractivity contribution is -0.119. The van der Waals surface area contributed by atoms with Crippen LogP contribution in [-0.4, -0.2) is 36.2 Å². The molecular weight excluding hydrogens is 416 g/mol. The van der Waals surface area contributed by atoms with Crippen LogP contribution in [0.3, 0.4) is 0 Å². The van der Waals surface area contributed by atoms with Crippen LogP contribution in [0.25, 0.3) is 28.0 Å². The van der Waals surface area contributed by atoms with E-state index in [2.05, 4.69) is 21.4 Å². The van der Waals surface area contributed by atoms with Crippen LogP contribution in [-0.2, 0) is 4.79 Å². The molecule has 0 aliphatic rings. The molecule has 0 aliphatic heterocycles. The SMILES string of the molecule is Cc1cc(-c2c(-c3cccc(C#N)c3)nn3ccc(NC(=O)CC(C)(C)O)nc23)cc(C)n1. The Morgan fingerprint density at radius 2 is 1.85 bits per heavy atom. The number of nitrogens with one attached hydrogen (secondary N) is 1. The van der Waals surface area contributed by atoms with Crippen molar-refractivity contribution in [2.45, 2.75) is 39.7 Å². The zero-order valence-electron chi connectivity index (χ0n) is 18.9. The molecule has 0 atom stereocenters. The quantitative estimate of drug-likeness (QED) is 0.484. The standard InChI is InChI=1S/C25H24N6O2/c1-15-10-19(11-16(2)27-15)22-23(18-7-5-6-17(12-18)14-26)30-31-9-8-20(29-24(22)31)28-21(32)13-25(3,4)33/h5-12,33H,13H2,1-4H3,(H,28,29,32). The van der Waals surface area contributed by atoms with Gasteiger partial charge in [-0.25, -0.2) is 9.50 Å². The van der Waals surface area contributed by atoms with Crippen LogP contribution < -0.4 is 5.32 Å². The fourth-order valence-electron chi connectivity index (χ4n) is 3.76. The molecule has 0 aliphatic carbocycles. The number of pyridine rings is 1. The Labute approximate surface area is 191 Å². The molecule has 0 fully saturated rings. The maximum Gasteiger partial charge on any atom is 0.228 e. The number of rotatable bonds is 5. The third-order valence-electron chi connectivity index (χ3n) is 4.98. The number of aryl methyl sites for hydroxylation is 2. The Kier molecular flexibility index (Phi) is 5.66. The molecule has 0 saturated carbocycles. The normalized spacial score (nSPS) is 11.4. The van der Waals surface area contributed by atoms with Crippen molar-refractivity contribution in [3.05, 3.63) is 65.6 Å². The summed E-state index contributed by atoms with van der Waals surface area (Å²) in [5, 5.41) is 26.8. The second kappa shape index (κ2) is 8.45. The van der Waals surface area contributed by atoms with Crippen LogP contribution in [0.2, 0.25) is 0 Å². The van der Waals surface area contributed by atoms with Crippen LogP contribution in [0.5, 0.6) is 0 Å². The molecule has 0 unspecified atom stereocenters. The highest BCUT2D eigenvalue weighted by molar-refractivity contribution is 5.93. The molecule has 1 aromatic carbocycles. The predicted octanol–water partition coefficient (Wildman–Crippen LogP) is 4.05. The van der Waals surface area contributed by atoms with Crippen molar-refractivity contribution < 1.29 is 9.90 Å². The zero-order valence-corrected chi connectivity index (χ0v) is 18.9. The number of aromatic nitrogens is 4. The third kappa shape index (κ3) is 4.89. The number of hydrogen-bond acceptors (Lipinski definition) is 6. The van der Waals surface area contributed by atoms with Crippen molar-refractivity contribution in [2.24, 2.45) is 0 Å². The summed E-state index contributed by atoms with van der Waals surface area (Å²) < 4.78 is 1.65. The zero-order chi connectivity index (χ0) is 23.8. The van der Waals surface area contributed by atoms with E-state index in [4.69, 9.17) is 5.10 Å². The summed E-state index contributed by atoms with van der Waals surface area (Å²) >= 11 is 0. The first-order valence-corrected chi connectivity index (χ1v) is 10.5. The Morgan fingerprint density at radius 1 is 1.12 bits per heavy atom. The minimum Gasteiger partial charge on any atom is -0.390 e. The molecule has 3 aromatic heterocycles. The van der Waals surface area contributed by atoms with Crippen LogP contribution in [0.1, 0.15) is 37.2 Å². The van der Waals surface area contributed by atoms with Gasteiger partial charge in [0, 0.05) is 23.1 Å². The largest absolute Gasteiger partial charge is 0.390 e. The molecule has 0 bridgehead atoms. The molecule has 2 N–H and O–H groups in total. The Hall–Kier alpha value is -4.09. The molecule has 0 saturated heterocycles. The van der Waals surface area contributed by atoms with Crippen LogP contribution >= 0.6 is 0 Å². The minimum atomic E-state index is -1.12. The number of aliphatic hydroxyl groups is 1. The molecular formula is C25H24N6O2. The number of benzene rings is 1. The molecule has 8 heteroatoms. The van der Waals surface area contributed by atoms with E-state index in [9.17, 15) is 15.2 Å². The van der Waals surface area contributed by atoms with Crippen LogP contribution in [0.15, 0.2) is 48.7 Å². The summed E-state index contributed by atoms with van der Waals surface area (Å²) in [5.41, 5.74) is 4.80. The average Bonchev–Trinajstić information content (AvgIpc) is 3.10. The fraction of sp³-hybridized carbons (Fsp3) is 0.240. The lowest BCUT2D eigenvalue weighted by Crippen LogP contribution is -2.27. The second-order valence-electron chi connectivity index (χ2n) is 8.67. The molecule has 33 heavy (non-hydrogen) atoms. The number of amides is 1. The van der Waals surface area contributed by atoms with Gasteiger partial charge in [0.25, 0.3) is 0 Å². The Bertz CT molecular complexity index is 1390. The summed E-state index contributed by atoms with van der Waals surface area (Å²) in [6.07, 6.45) is 1.67. The monoisotopic (exact) mass is 440 g/mol. The van der Waals surface area contributed by atoms with Gasteiger partial charge in [-0.2, -0.15) is 10.4 Å². The van der Waals surface area contributed by atoms with Gasteiger partial charge in [-0.1, -0.05) is 12.1 Å². The highest BCUT2D eigenvalue weighted by Gasteiger charge is 2.21. The molecule has 4 rings (SSSR count). The first-order chi connectivity index (χ1) is 15.6. The second-order valence-corrected chi connectivity index (χ2v) is 8.67. The maximum absolute atomic E-state index is 12.3. The predicted molar refractivity (Wildman–Crippen MR) is 125 cm³/mol. The summed E-state index contributed by atoms with van der Waals surface area (Å²) in [7, 11) is 0. The minimum absolute atomic E-state index is 0.0546. The van der Waals surface area contributed by atoms with E-state index in [-0.39, 0.29) is 12.3 Å². The number of hydrogen-bond donors (Lipinski definition) is 2. The first kappa shape index (κ1) is 22.1. The van der Waals surface area contributed by atoms with E-state index in [1.165, 1.54) is 0 Å². The van der Waals surface area contributed by atoms with Gasteiger partial charge in [0.05, 0.1) is 29.2 Å². The number of anilines is 1. The average molecular weight is 441 g/mol. The van der Waals surface area contributed by atoms with Crippen molar-refractivity contribution >= 4 is 17.4 Å². The molecule has 8 nitrogen and oxygen atoms in total. The molecule has 3 heterocycles. The van der Waals surface area contributed by atoms with E-state index >= 15 is 0 Å². The summed E-state index contributed by atoms with van der Waals surface area (Å²) in [4.78, 5) is 21.5. The van der Waals surface area contributed by atoms with Crippen molar-refractivity contribution in [3.8, 4) is 28.5 Å². The number of carbonyl (C=O) groups is 1. The maximum atomic E-state index is 12.3. The Balaban J connectivity index is 1.90. The molecule has 166 valence electrons. The number of nitrogens with zero attached hydrogens (tertiary/aromatic N) is 5. The van der Waals surface area contributed by atoms with E-state index in [1.807, 2.05) is 38.1 Å². The van der Waals surface area contributed by atoms with Gasteiger partial charge in [0.2, 0.25) is 5.91 Å². The lowest BCUT2D eigenvalue weighted by atomic mass is 9.99. The van der Waals surface area contributed by atoms with Crippen LogP contribution in [0.4, 0.5) is 5.82 Å². The van der Waals surface area contributed by atoms with E-state index < -0.39 is 5.60 Å². The summed E-state index contributed by atoms with van der Waals surface area (Å²) in [5.74, 6) is 0.0238. The summed E-state index contributed by atoms with van der Waals surface area (Å²) in [6, 6.07) is 15.0. The first-order valence-electron chi connectivity index (χ1n) is 10.5. The van der Waals surface area contributed by atoms with E-state index in [0.717, 1.165) is 28.1 Å². The Morgan fingerprint density at radius 3 is 2.52 bits per heavy atom. The van der Waals surface area contributed by atoms with Gasteiger partial charge in [0.1, 0.15) is 11.5 Å². The molecule has 0 spiro atoms. The van der Waals surface area contributed by atoms with Crippen LogP contribution in [0, 0.1) is 25.2 Å². The number of carbonyl (C=O) groups excluding carboxylic acids is 1. The van der Waals surface area contributed by atoms with Crippen molar-refractivity contribution in [1.29, 1.82) is 5.26 Å². The summed E-state index contributed by atoms with van der Waals surface area (Å²) in [6.45, 7) is 7.00. The van der Waals surface area contributed by atoms with Crippen molar-refractivity contribution in [3.63, 3.8) is 0 Å². The van der Waals surface area contributed by atoms with Crippen molar-refractivity contribution in [1.82, 2.24) is 19.6 Å².